The lowest BCUT2D eigenvalue weighted by Gasteiger charge is -2.28. The van der Waals surface area contributed by atoms with Gasteiger partial charge in [0.15, 0.2) is 0 Å². The number of hydrogen-bond donors (Lipinski definition) is 1. The maximum atomic E-state index is 12.6. The molecule has 0 saturated heterocycles. The zero-order valence-electron chi connectivity index (χ0n) is 12.1. The Morgan fingerprint density at radius 1 is 1.37 bits per heavy atom. The highest BCUT2D eigenvalue weighted by Gasteiger charge is 2.30. The van der Waals surface area contributed by atoms with Gasteiger partial charge in [0, 0.05) is 24.0 Å². The van der Waals surface area contributed by atoms with Crippen molar-refractivity contribution in [3.63, 3.8) is 0 Å². The van der Waals surface area contributed by atoms with E-state index in [2.05, 4.69) is 5.32 Å². The van der Waals surface area contributed by atoms with Gasteiger partial charge in [0.1, 0.15) is 0 Å². The molecule has 1 aromatic heterocycles. The van der Waals surface area contributed by atoms with Crippen molar-refractivity contribution in [3.05, 3.63) is 22.4 Å². The molecular formula is C13H24N2O2S2. The fraction of sp³-hybridized carbons (Fsp3) is 0.692. The highest BCUT2D eigenvalue weighted by molar-refractivity contribution is 7.89. The summed E-state index contributed by atoms with van der Waals surface area (Å²) in [5.74, 6) is 0. The molecule has 0 aromatic carbocycles. The van der Waals surface area contributed by atoms with E-state index in [0.717, 1.165) is 11.4 Å². The summed E-state index contributed by atoms with van der Waals surface area (Å²) in [4.78, 5) is 1.08. The normalized spacial score (nSPS) is 14.2. The zero-order chi connectivity index (χ0) is 14.5. The van der Waals surface area contributed by atoms with Gasteiger partial charge in [-0.25, -0.2) is 8.42 Å². The van der Waals surface area contributed by atoms with E-state index in [1.807, 2.05) is 38.3 Å². The summed E-state index contributed by atoms with van der Waals surface area (Å²) in [7, 11) is -3.27. The first-order valence-electron chi connectivity index (χ1n) is 6.63. The zero-order valence-corrected chi connectivity index (χ0v) is 13.7. The summed E-state index contributed by atoms with van der Waals surface area (Å²) in [5.41, 5.74) is 0. The monoisotopic (exact) mass is 304 g/mol. The van der Waals surface area contributed by atoms with Crippen LogP contribution in [0.3, 0.4) is 0 Å². The molecule has 0 fully saturated rings. The van der Waals surface area contributed by atoms with Gasteiger partial charge in [-0.05, 0) is 38.8 Å². The van der Waals surface area contributed by atoms with Crippen LogP contribution in [0.25, 0.3) is 0 Å². The maximum absolute atomic E-state index is 12.6. The Kier molecular flexibility index (Phi) is 6.46. The average molecular weight is 304 g/mol. The number of sulfonamides is 1. The molecule has 1 heterocycles. The summed E-state index contributed by atoms with van der Waals surface area (Å²) in [5, 5.41) is 4.67. The van der Waals surface area contributed by atoms with E-state index in [9.17, 15) is 8.42 Å². The summed E-state index contributed by atoms with van der Waals surface area (Å²) >= 11 is 1.59. The summed E-state index contributed by atoms with van der Waals surface area (Å²) in [6, 6.07) is 3.90. The minimum absolute atomic E-state index is 0.0313. The Morgan fingerprint density at radius 2 is 2.05 bits per heavy atom. The van der Waals surface area contributed by atoms with E-state index in [1.165, 1.54) is 0 Å². The van der Waals surface area contributed by atoms with Crippen molar-refractivity contribution in [1.82, 2.24) is 9.62 Å². The Morgan fingerprint density at radius 3 is 2.53 bits per heavy atom. The minimum Gasteiger partial charge on any atom is -0.316 e. The van der Waals surface area contributed by atoms with Crippen LogP contribution in [0.2, 0.25) is 0 Å². The fourth-order valence-corrected chi connectivity index (χ4v) is 4.29. The summed E-state index contributed by atoms with van der Waals surface area (Å²) in [6.07, 6.45) is 0. The Balaban J connectivity index is 2.85. The quantitative estimate of drug-likeness (QED) is 0.801. The molecule has 1 atom stereocenters. The van der Waals surface area contributed by atoms with Crippen LogP contribution in [0.4, 0.5) is 0 Å². The van der Waals surface area contributed by atoms with Crippen LogP contribution >= 0.6 is 11.3 Å². The van der Waals surface area contributed by atoms with Gasteiger partial charge in [0.25, 0.3) is 0 Å². The van der Waals surface area contributed by atoms with E-state index >= 15 is 0 Å². The van der Waals surface area contributed by atoms with Crippen molar-refractivity contribution in [2.45, 2.75) is 45.5 Å². The lowest BCUT2D eigenvalue weighted by molar-refractivity contribution is 0.345. The highest BCUT2D eigenvalue weighted by Crippen LogP contribution is 2.19. The van der Waals surface area contributed by atoms with Crippen LogP contribution in [-0.4, -0.2) is 37.1 Å². The molecule has 0 radical (unpaired) electrons. The maximum Gasteiger partial charge on any atom is 0.218 e. The molecule has 1 unspecified atom stereocenters. The predicted octanol–water partition coefficient (Wildman–Crippen LogP) is 2.29. The van der Waals surface area contributed by atoms with Gasteiger partial charge in [-0.15, -0.1) is 11.3 Å². The molecule has 1 aromatic rings. The van der Waals surface area contributed by atoms with Gasteiger partial charge in [-0.3, -0.25) is 0 Å². The average Bonchev–Trinajstić information content (AvgIpc) is 2.85. The van der Waals surface area contributed by atoms with Crippen molar-refractivity contribution in [2.24, 2.45) is 0 Å². The van der Waals surface area contributed by atoms with Gasteiger partial charge in [0.2, 0.25) is 10.0 Å². The number of nitrogens with zero attached hydrogens (tertiary/aromatic N) is 1. The molecule has 1 N–H and O–H groups in total. The summed E-state index contributed by atoms with van der Waals surface area (Å²) < 4.78 is 26.8. The van der Waals surface area contributed by atoms with Crippen molar-refractivity contribution < 1.29 is 8.42 Å². The number of rotatable bonds is 8. The molecule has 110 valence electrons. The van der Waals surface area contributed by atoms with Gasteiger partial charge < -0.3 is 5.32 Å². The van der Waals surface area contributed by atoms with Crippen molar-refractivity contribution in [1.29, 1.82) is 0 Å². The molecule has 0 amide bonds. The van der Waals surface area contributed by atoms with E-state index in [-0.39, 0.29) is 6.04 Å². The third-order valence-electron chi connectivity index (χ3n) is 2.98. The van der Waals surface area contributed by atoms with Gasteiger partial charge in [-0.2, -0.15) is 4.31 Å². The first kappa shape index (κ1) is 16.6. The lowest BCUT2D eigenvalue weighted by Crippen LogP contribution is -2.44. The first-order chi connectivity index (χ1) is 8.89. The van der Waals surface area contributed by atoms with Crippen LogP contribution in [-0.2, 0) is 16.6 Å². The van der Waals surface area contributed by atoms with Gasteiger partial charge >= 0.3 is 0 Å². The molecule has 19 heavy (non-hydrogen) atoms. The van der Waals surface area contributed by atoms with Gasteiger partial charge in [-0.1, -0.05) is 13.0 Å². The van der Waals surface area contributed by atoms with E-state index in [4.69, 9.17) is 0 Å². The second kappa shape index (κ2) is 7.38. The Hall–Kier alpha value is -0.430. The van der Waals surface area contributed by atoms with Crippen LogP contribution in [0, 0.1) is 0 Å². The second-order valence-corrected chi connectivity index (χ2v) is 8.22. The highest BCUT2D eigenvalue weighted by atomic mass is 32.2. The number of thiophene rings is 1. The third kappa shape index (κ3) is 4.56. The Labute approximate surface area is 120 Å². The lowest BCUT2D eigenvalue weighted by atomic mass is 10.4. The predicted molar refractivity (Wildman–Crippen MR) is 81.9 cm³/mol. The molecule has 0 spiro atoms. The molecular weight excluding hydrogens is 280 g/mol. The topological polar surface area (TPSA) is 49.4 Å². The van der Waals surface area contributed by atoms with Crippen LogP contribution in [0.15, 0.2) is 17.5 Å². The summed E-state index contributed by atoms with van der Waals surface area (Å²) in [6.45, 7) is 9.33. The Bertz CT molecular complexity index is 455. The van der Waals surface area contributed by atoms with Crippen LogP contribution < -0.4 is 5.32 Å². The number of hydrogen-bond acceptors (Lipinski definition) is 4. The van der Waals surface area contributed by atoms with Crippen LogP contribution in [0.5, 0.6) is 0 Å². The smallest absolute Gasteiger partial charge is 0.218 e. The van der Waals surface area contributed by atoms with Crippen molar-refractivity contribution in [2.75, 3.05) is 13.1 Å². The van der Waals surface area contributed by atoms with Crippen LogP contribution in [0.1, 0.15) is 32.6 Å². The fourth-order valence-electron chi connectivity index (χ4n) is 1.81. The molecule has 0 aliphatic carbocycles. The first-order valence-corrected chi connectivity index (χ1v) is 9.01. The van der Waals surface area contributed by atoms with Crippen molar-refractivity contribution in [3.8, 4) is 0 Å². The number of nitrogens with one attached hydrogen (secondary N) is 1. The largest absolute Gasteiger partial charge is 0.316 e. The molecule has 0 saturated carbocycles. The standard InChI is InChI=1S/C13H24N2O2S2/c1-5-14-9-12(4)19(16,17)15(11(2)3)10-13-7-6-8-18-13/h6-8,11-12,14H,5,9-10H2,1-4H3. The van der Waals surface area contributed by atoms with E-state index in [0.29, 0.717) is 13.1 Å². The minimum atomic E-state index is -3.27. The molecule has 1 rings (SSSR count). The van der Waals surface area contributed by atoms with Gasteiger partial charge in [0.05, 0.1) is 5.25 Å². The van der Waals surface area contributed by atoms with E-state index in [1.54, 1.807) is 22.6 Å². The van der Waals surface area contributed by atoms with E-state index < -0.39 is 15.3 Å². The third-order valence-corrected chi connectivity index (χ3v) is 6.23. The molecule has 6 heteroatoms. The molecule has 0 bridgehead atoms. The molecule has 4 nitrogen and oxygen atoms in total. The molecule has 0 aliphatic rings. The SMILES string of the molecule is CCNCC(C)S(=O)(=O)N(Cc1cccs1)C(C)C. The second-order valence-electron chi connectivity index (χ2n) is 4.88. The van der Waals surface area contributed by atoms with Crippen molar-refractivity contribution >= 4 is 21.4 Å². The molecule has 0 aliphatic heterocycles.